The van der Waals surface area contributed by atoms with Gasteiger partial charge in [0, 0.05) is 12.6 Å². The highest BCUT2D eigenvalue weighted by Gasteiger charge is 2.28. The van der Waals surface area contributed by atoms with Gasteiger partial charge in [-0.25, -0.2) is 0 Å². The maximum Gasteiger partial charge on any atom is 0.224 e. The molecule has 2 unspecified atom stereocenters. The van der Waals surface area contributed by atoms with Gasteiger partial charge >= 0.3 is 0 Å². The summed E-state index contributed by atoms with van der Waals surface area (Å²) in [4.78, 5) is 14.5. The minimum absolute atomic E-state index is 0.0602. The van der Waals surface area contributed by atoms with Crippen LogP contribution in [-0.4, -0.2) is 43.5 Å². The highest BCUT2D eigenvalue weighted by atomic mass is 16.1. The molecular formula is C14H27N3O. The summed E-state index contributed by atoms with van der Waals surface area (Å²) in [6.45, 7) is 3.16. The molecule has 0 spiro atoms. The maximum absolute atomic E-state index is 12.1. The lowest BCUT2D eigenvalue weighted by Gasteiger charge is -2.31. The summed E-state index contributed by atoms with van der Waals surface area (Å²) in [5, 5.41) is 3.13. The van der Waals surface area contributed by atoms with Crippen molar-refractivity contribution in [3.05, 3.63) is 0 Å². The molecular weight excluding hydrogens is 226 g/mol. The van der Waals surface area contributed by atoms with E-state index in [2.05, 4.69) is 17.3 Å². The molecule has 0 aromatic rings. The second kappa shape index (κ2) is 6.53. The highest BCUT2D eigenvalue weighted by molar-refractivity contribution is 5.79. The second-order valence-electron chi connectivity index (χ2n) is 6.05. The summed E-state index contributed by atoms with van der Waals surface area (Å²) in [5.41, 5.74) is 6.04. The fraction of sp³-hybridized carbons (Fsp3) is 0.929. The Kier molecular flexibility index (Phi) is 5.01. The van der Waals surface area contributed by atoms with Crippen molar-refractivity contribution in [1.29, 1.82) is 0 Å². The third-order valence-corrected chi connectivity index (χ3v) is 4.56. The van der Waals surface area contributed by atoms with E-state index in [-0.39, 0.29) is 17.9 Å². The predicted octanol–water partition coefficient (Wildman–Crippen LogP) is 0.962. The van der Waals surface area contributed by atoms with E-state index in [0.717, 1.165) is 38.9 Å². The molecule has 0 aromatic heterocycles. The van der Waals surface area contributed by atoms with Gasteiger partial charge in [-0.2, -0.15) is 0 Å². The first kappa shape index (κ1) is 13.8. The van der Waals surface area contributed by atoms with Gasteiger partial charge in [0.05, 0.1) is 5.92 Å². The van der Waals surface area contributed by atoms with Crippen LogP contribution in [0.25, 0.3) is 0 Å². The van der Waals surface area contributed by atoms with Gasteiger partial charge in [0.1, 0.15) is 0 Å². The minimum atomic E-state index is 0.0602. The van der Waals surface area contributed by atoms with Crippen LogP contribution in [0.1, 0.15) is 38.5 Å². The SMILES string of the molecule is CN1CCC(CNC(=O)C2CCCCC2N)CC1. The van der Waals surface area contributed by atoms with E-state index in [0.29, 0.717) is 5.92 Å². The van der Waals surface area contributed by atoms with Gasteiger partial charge in [0.2, 0.25) is 5.91 Å². The molecule has 1 heterocycles. The Morgan fingerprint density at radius 3 is 2.56 bits per heavy atom. The number of nitrogens with two attached hydrogens (primary N) is 1. The molecule has 1 aliphatic carbocycles. The summed E-state index contributed by atoms with van der Waals surface area (Å²) in [6.07, 6.45) is 6.72. The molecule has 2 atom stereocenters. The molecule has 1 amide bonds. The summed E-state index contributed by atoms with van der Waals surface area (Å²) in [6, 6.07) is 0.0799. The predicted molar refractivity (Wildman–Crippen MR) is 73.2 cm³/mol. The zero-order valence-electron chi connectivity index (χ0n) is 11.5. The van der Waals surface area contributed by atoms with Crippen molar-refractivity contribution in [1.82, 2.24) is 10.2 Å². The largest absolute Gasteiger partial charge is 0.356 e. The van der Waals surface area contributed by atoms with Crippen LogP contribution in [0.4, 0.5) is 0 Å². The van der Waals surface area contributed by atoms with E-state index in [1.54, 1.807) is 0 Å². The van der Waals surface area contributed by atoms with Crippen LogP contribution in [0.15, 0.2) is 0 Å². The van der Waals surface area contributed by atoms with Crippen LogP contribution in [0, 0.1) is 11.8 Å². The standard InChI is InChI=1S/C14H27N3O/c1-17-8-6-11(7-9-17)10-16-14(18)12-4-2-3-5-13(12)15/h11-13H,2-10,15H2,1H3,(H,16,18). The van der Waals surface area contributed by atoms with Crippen molar-refractivity contribution >= 4 is 5.91 Å². The van der Waals surface area contributed by atoms with E-state index in [9.17, 15) is 4.79 Å². The van der Waals surface area contributed by atoms with Crippen LogP contribution < -0.4 is 11.1 Å². The molecule has 0 aromatic carbocycles. The second-order valence-corrected chi connectivity index (χ2v) is 6.05. The van der Waals surface area contributed by atoms with E-state index < -0.39 is 0 Å². The first-order valence-electron chi connectivity index (χ1n) is 7.38. The molecule has 1 saturated carbocycles. The number of hydrogen-bond acceptors (Lipinski definition) is 3. The number of nitrogens with zero attached hydrogens (tertiary/aromatic N) is 1. The van der Waals surface area contributed by atoms with Crippen molar-refractivity contribution in [2.24, 2.45) is 17.6 Å². The first-order valence-corrected chi connectivity index (χ1v) is 7.38. The molecule has 0 radical (unpaired) electrons. The lowest BCUT2D eigenvalue weighted by molar-refractivity contribution is -0.126. The van der Waals surface area contributed by atoms with Gasteiger partial charge in [-0.3, -0.25) is 4.79 Å². The van der Waals surface area contributed by atoms with Crippen molar-refractivity contribution in [2.75, 3.05) is 26.7 Å². The van der Waals surface area contributed by atoms with E-state index >= 15 is 0 Å². The number of nitrogens with one attached hydrogen (secondary N) is 1. The Balaban J connectivity index is 1.71. The monoisotopic (exact) mass is 253 g/mol. The summed E-state index contributed by atoms with van der Waals surface area (Å²) in [7, 11) is 2.16. The van der Waals surface area contributed by atoms with Crippen molar-refractivity contribution in [3.63, 3.8) is 0 Å². The van der Waals surface area contributed by atoms with Crippen LogP contribution >= 0.6 is 0 Å². The maximum atomic E-state index is 12.1. The van der Waals surface area contributed by atoms with Gasteiger partial charge in [0.25, 0.3) is 0 Å². The Bertz CT molecular complexity index is 274. The Labute approximate surface area is 110 Å². The average Bonchev–Trinajstić information content (AvgIpc) is 2.38. The minimum Gasteiger partial charge on any atom is -0.356 e. The zero-order chi connectivity index (χ0) is 13.0. The number of rotatable bonds is 3. The molecule has 3 N–H and O–H groups in total. The van der Waals surface area contributed by atoms with Crippen LogP contribution in [0.2, 0.25) is 0 Å². The quantitative estimate of drug-likeness (QED) is 0.788. The third-order valence-electron chi connectivity index (χ3n) is 4.56. The van der Waals surface area contributed by atoms with E-state index in [1.807, 2.05) is 0 Å². The topological polar surface area (TPSA) is 58.4 Å². The lowest BCUT2D eigenvalue weighted by Crippen LogP contribution is -2.45. The van der Waals surface area contributed by atoms with Gasteiger partial charge in [0.15, 0.2) is 0 Å². The van der Waals surface area contributed by atoms with Gasteiger partial charge in [-0.05, 0) is 51.7 Å². The number of amides is 1. The molecule has 2 rings (SSSR count). The molecule has 1 aliphatic heterocycles. The molecule has 0 bridgehead atoms. The third kappa shape index (κ3) is 3.69. The smallest absolute Gasteiger partial charge is 0.224 e. The van der Waals surface area contributed by atoms with Gasteiger partial charge in [-0.15, -0.1) is 0 Å². The number of likely N-dealkylation sites (tertiary alicyclic amines) is 1. The first-order chi connectivity index (χ1) is 8.66. The zero-order valence-corrected chi connectivity index (χ0v) is 11.5. The molecule has 18 heavy (non-hydrogen) atoms. The molecule has 1 saturated heterocycles. The molecule has 2 aliphatic rings. The molecule has 4 heteroatoms. The number of carbonyl (C=O) groups is 1. The normalized spacial score (nSPS) is 31.2. The molecule has 4 nitrogen and oxygen atoms in total. The lowest BCUT2D eigenvalue weighted by atomic mass is 9.84. The highest BCUT2D eigenvalue weighted by Crippen LogP contribution is 2.23. The number of hydrogen-bond donors (Lipinski definition) is 2. The van der Waals surface area contributed by atoms with Crippen molar-refractivity contribution in [2.45, 2.75) is 44.6 Å². The van der Waals surface area contributed by atoms with Crippen LogP contribution in [0.5, 0.6) is 0 Å². The fourth-order valence-electron chi connectivity index (χ4n) is 3.13. The van der Waals surface area contributed by atoms with Crippen LogP contribution in [0.3, 0.4) is 0 Å². The summed E-state index contributed by atoms with van der Waals surface area (Å²) < 4.78 is 0. The van der Waals surface area contributed by atoms with E-state index in [1.165, 1.54) is 19.3 Å². The Morgan fingerprint density at radius 1 is 1.22 bits per heavy atom. The Hall–Kier alpha value is -0.610. The molecule has 104 valence electrons. The Morgan fingerprint density at radius 2 is 1.89 bits per heavy atom. The van der Waals surface area contributed by atoms with Crippen molar-refractivity contribution in [3.8, 4) is 0 Å². The number of piperidine rings is 1. The fourth-order valence-corrected chi connectivity index (χ4v) is 3.13. The van der Waals surface area contributed by atoms with Gasteiger partial charge < -0.3 is 16.0 Å². The van der Waals surface area contributed by atoms with Crippen molar-refractivity contribution < 1.29 is 4.79 Å². The summed E-state index contributed by atoms with van der Waals surface area (Å²) >= 11 is 0. The molecule has 2 fully saturated rings. The summed E-state index contributed by atoms with van der Waals surface area (Å²) in [5.74, 6) is 0.913. The van der Waals surface area contributed by atoms with E-state index in [4.69, 9.17) is 5.73 Å². The van der Waals surface area contributed by atoms with Crippen LogP contribution in [-0.2, 0) is 4.79 Å². The average molecular weight is 253 g/mol. The number of carbonyl (C=O) groups excluding carboxylic acids is 1. The van der Waals surface area contributed by atoms with Gasteiger partial charge in [-0.1, -0.05) is 12.8 Å².